The van der Waals surface area contributed by atoms with Gasteiger partial charge in [0.2, 0.25) is 0 Å². The molecular formula is C23H27F3N4O3. The van der Waals surface area contributed by atoms with Crippen molar-refractivity contribution in [2.45, 2.75) is 38.7 Å². The van der Waals surface area contributed by atoms with Crippen molar-refractivity contribution < 1.29 is 27.8 Å². The van der Waals surface area contributed by atoms with Crippen molar-refractivity contribution in [2.75, 3.05) is 25.5 Å². The van der Waals surface area contributed by atoms with Gasteiger partial charge in [0.1, 0.15) is 5.75 Å². The zero-order valence-corrected chi connectivity index (χ0v) is 18.6. The fraction of sp³-hybridized carbons (Fsp3) is 0.391. The van der Waals surface area contributed by atoms with Gasteiger partial charge in [-0.05, 0) is 49.7 Å². The zero-order chi connectivity index (χ0) is 24.2. The van der Waals surface area contributed by atoms with Gasteiger partial charge in [0.05, 0.1) is 30.5 Å². The number of piperazine rings is 1. The van der Waals surface area contributed by atoms with Gasteiger partial charge in [-0.15, -0.1) is 0 Å². The number of esters is 1. The highest BCUT2D eigenvalue weighted by atomic mass is 19.4. The second-order valence-electron chi connectivity index (χ2n) is 8.06. The normalized spacial score (nSPS) is 19.3. The van der Waals surface area contributed by atoms with E-state index in [1.165, 1.54) is 31.4 Å². The topological polar surface area (TPSA) is 86.2 Å². The quantitative estimate of drug-likeness (QED) is 0.276. The second-order valence-corrected chi connectivity index (χ2v) is 8.06. The molecule has 2 unspecified atom stereocenters. The van der Waals surface area contributed by atoms with Gasteiger partial charge in [-0.1, -0.05) is 12.1 Å². The highest BCUT2D eigenvalue weighted by Gasteiger charge is 2.30. The minimum atomic E-state index is -4.44. The summed E-state index contributed by atoms with van der Waals surface area (Å²) in [6.45, 7) is 5.22. The molecule has 1 heterocycles. The molecule has 2 aromatic rings. The van der Waals surface area contributed by atoms with Crippen molar-refractivity contribution in [1.29, 1.82) is 0 Å². The van der Waals surface area contributed by atoms with Crippen molar-refractivity contribution in [2.24, 2.45) is 4.99 Å². The van der Waals surface area contributed by atoms with Crippen LogP contribution in [0.5, 0.6) is 5.75 Å². The molecule has 0 saturated carbocycles. The Hall–Kier alpha value is -3.27. The molecule has 33 heavy (non-hydrogen) atoms. The second kappa shape index (κ2) is 10.1. The van der Waals surface area contributed by atoms with E-state index in [0.717, 1.165) is 12.1 Å². The average molecular weight is 464 g/mol. The number of hydrogen-bond acceptors (Lipinski definition) is 5. The van der Waals surface area contributed by atoms with Gasteiger partial charge < -0.3 is 25.4 Å². The first-order valence-corrected chi connectivity index (χ1v) is 10.5. The number of benzene rings is 2. The fourth-order valence-corrected chi connectivity index (χ4v) is 3.73. The lowest BCUT2D eigenvalue weighted by atomic mass is 10.1. The molecule has 0 amide bonds. The fourth-order valence-electron chi connectivity index (χ4n) is 3.73. The summed E-state index contributed by atoms with van der Waals surface area (Å²) < 4.78 is 44.0. The molecule has 10 heteroatoms. The van der Waals surface area contributed by atoms with E-state index in [9.17, 15) is 23.1 Å². The number of anilines is 1. The predicted molar refractivity (Wildman–Crippen MR) is 119 cm³/mol. The number of methoxy groups -OCH3 is 1. The molecule has 0 bridgehead atoms. The molecule has 3 N–H and O–H groups in total. The lowest BCUT2D eigenvalue weighted by Crippen LogP contribution is -2.57. The first-order chi connectivity index (χ1) is 15.6. The van der Waals surface area contributed by atoms with Crippen LogP contribution in [0.15, 0.2) is 47.5 Å². The molecule has 1 aliphatic rings. The number of hydrogen-bond donors (Lipinski definition) is 3. The SMILES string of the molecule is COC(=O)c1ccc(O)c(NC(=NCc2cccc(C(F)(F)F)c2)N2CC(C)NC(C)C2)c1. The van der Waals surface area contributed by atoms with Crippen LogP contribution in [-0.2, 0) is 17.5 Å². The summed E-state index contributed by atoms with van der Waals surface area (Å²) in [5, 5.41) is 16.8. The summed E-state index contributed by atoms with van der Waals surface area (Å²) in [5.41, 5.74) is 0.127. The van der Waals surface area contributed by atoms with E-state index in [2.05, 4.69) is 15.6 Å². The smallest absolute Gasteiger partial charge is 0.416 e. The Balaban J connectivity index is 1.93. The first-order valence-electron chi connectivity index (χ1n) is 10.5. The van der Waals surface area contributed by atoms with Crippen LogP contribution in [0.25, 0.3) is 0 Å². The van der Waals surface area contributed by atoms with Crippen molar-refractivity contribution in [1.82, 2.24) is 10.2 Å². The summed E-state index contributed by atoms with van der Waals surface area (Å²) in [7, 11) is 1.26. The number of ether oxygens (including phenoxy) is 1. The van der Waals surface area contributed by atoms with Crippen LogP contribution in [0.2, 0.25) is 0 Å². The van der Waals surface area contributed by atoms with Crippen LogP contribution >= 0.6 is 0 Å². The molecule has 0 aromatic heterocycles. The summed E-state index contributed by atoms with van der Waals surface area (Å²) in [6, 6.07) is 9.53. The third kappa shape index (κ3) is 6.38. The predicted octanol–water partition coefficient (Wildman–Crippen LogP) is 3.85. The number of alkyl halides is 3. The summed E-state index contributed by atoms with van der Waals surface area (Å²) >= 11 is 0. The Morgan fingerprint density at radius 1 is 1.21 bits per heavy atom. The van der Waals surface area contributed by atoms with E-state index in [1.54, 1.807) is 6.07 Å². The monoisotopic (exact) mass is 464 g/mol. The van der Waals surface area contributed by atoms with E-state index in [4.69, 9.17) is 4.74 Å². The van der Waals surface area contributed by atoms with E-state index >= 15 is 0 Å². The van der Waals surface area contributed by atoms with Gasteiger partial charge in [0, 0.05) is 25.2 Å². The number of guanidine groups is 1. The number of aromatic hydroxyl groups is 1. The number of aliphatic imine (C=N–C) groups is 1. The van der Waals surface area contributed by atoms with Gasteiger partial charge in [-0.2, -0.15) is 13.2 Å². The third-order valence-corrected chi connectivity index (χ3v) is 5.19. The molecule has 1 fully saturated rings. The number of halogens is 3. The number of carbonyl (C=O) groups excluding carboxylic acids is 1. The van der Waals surface area contributed by atoms with Crippen LogP contribution in [-0.4, -0.2) is 54.2 Å². The number of rotatable bonds is 4. The van der Waals surface area contributed by atoms with Crippen LogP contribution in [0.1, 0.15) is 35.3 Å². The maximum atomic E-state index is 13.1. The number of nitrogens with one attached hydrogen (secondary N) is 2. The zero-order valence-electron chi connectivity index (χ0n) is 18.6. The lowest BCUT2D eigenvalue weighted by molar-refractivity contribution is -0.137. The standard InChI is InChI=1S/C23H27F3N4O3/c1-14-12-30(13-15(2)28-14)22(27-11-16-5-4-6-18(9-16)23(24,25)26)29-19-10-17(21(32)33-3)7-8-20(19)31/h4-10,14-15,28,31H,11-13H2,1-3H3,(H,27,29). The van der Waals surface area contributed by atoms with Crippen molar-refractivity contribution >= 4 is 17.6 Å². The Morgan fingerprint density at radius 2 is 1.91 bits per heavy atom. The number of phenolic OH excluding ortho intramolecular Hbond substituents is 1. The molecule has 0 aliphatic carbocycles. The lowest BCUT2D eigenvalue weighted by Gasteiger charge is -2.38. The Labute approximate surface area is 190 Å². The molecule has 0 radical (unpaired) electrons. The minimum absolute atomic E-state index is 0.00357. The molecule has 3 rings (SSSR count). The number of phenols is 1. The number of carbonyl (C=O) groups is 1. The molecule has 2 aromatic carbocycles. The highest BCUT2D eigenvalue weighted by Crippen LogP contribution is 2.30. The summed E-state index contributed by atoms with van der Waals surface area (Å²) in [5.74, 6) is -0.291. The van der Waals surface area contributed by atoms with Crippen molar-refractivity contribution in [3.8, 4) is 5.75 Å². The van der Waals surface area contributed by atoms with Crippen molar-refractivity contribution in [3.63, 3.8) is 0 Å². The largest absolute Gasteiger partial charge is 0.506 e. The van der Waals surface area contributed by atoms with Gasteiger partial charge in [-0.3, -0.25) is 0 Å². The third-order valence-electron chi connectivity index (χ3n) is 5.19. The minimum Gasteiger partial charge on any atom is -0.506 e. The highest BCUT2D eigenvalue weighted by molar-refractivity contribution is 5.97. The Morgan fingerprint density at radius 3 is 2.55 bits per heavy atom. The van der Waals surface area contributed by atoms with Crippen LogP contribution in [0.4, 0.5) is 18.9 Å². The van der Waals surface area contributed by atoms with Gasteiger partial charge in [0.25, 0.3) is 0 Å². The first kappa shape index (κ1) is 24.4. The van der Waals surface area contributed by atoms with Crippen LogP contribution < -0.4 is 10.6 Å². The number of nitrogens with zero attached hydrogens (tertiary/aromatic N) is 2. The Bertz CT molecular complexity index is 1020. The van der Waals surface area contributed by atoms with Gasteiger partial charge in [0.15, 0.2) is 5.96 Å². The molecule has 7 nitrogen and oxygen atoms in total. The molecule has 1 saturated heterocycles. The average Bonchev–Trinajstić information content (AvgIpc) is 2.76. The van der Waals surface area contributed by atoms with Crippen LogP contribution in [0.3, 0.4) is 0 Å². The van der Waals surface area contributed by atoms with Crippen molar-refractivity contribution in [3.05, 3.63) is 59.2 Å². The van der Waals surface area contributed by atoms with E-state index < -0.39 is 17.7 Å². The van der Waals surface area contributed by atoms with E-state index in [0.29, 0.717) is 24.6 Å². The molecule has 1 aliphatic heterocycles. The molecule has 2 atom stereocenters. The summed E-state index contributed by atoms with van der Waals surface area (Å²) in [4.78, 5) is 18.4. The maximum absolute atomic E-state index is 13.1. The molecule has 178 valence electrons. The Kier molecular flexibility index (Phi) is 7.47. The molecule has 0 spiro atoms. The molecular weight excluding hydrogens is 437 g/mol. The van der Waals surface area contributed by atoms with Crippen LogP contribution in [0, 0.1) is 0 Å². The maximum Gasteiger partial charge on any atom is 0.416 e. The van der Waals surface area contributed by atoms with Gasteiger partial charge in [-0.25, -0.2) is 9.79 Å². The summed E-state index contributed by atoms with van der Waals surface area (Å²) in [6.07, 6.45) is -4.44. The van der Waals surface area contributed by atoms with E-state index in [1.807, 2.05) is 18.7 Å². The van der Waals surface area contributed by atoms with E-state index in [-0.39, 0.29) is 35.6 Å². The van der Waals surface area contributed by atoms with Gasteiger partial charge >= 0.3 is 12.1 Å².